The number of non-ortho nitro benzene ring substituents is 1. The second kappa shape index (κ2) is 6.20. The van der Waals surface area contributed by atoms with E-state index < -0.39 is 22.8 Å². The average molecular weight is 307 g/mol. The molecular weight excluding hydrogens is 294 g/mol. The van der Waals surface area contributed by atoms with Crippen LogP contribution >= 0.6 is 0 Å². The lowest BCUT2D eigenvalue weighted by atomic mass is 10.1. The molecule has 1 unspecified atom stereocenters. The summed E-state index contributed by atoms with van der Waals surface area (Å²) >= 11 is 0. The standard InChI is InChI=1S/C13H13N3O6/c1-22-10-6-7(16(20)21)2-3-8(10)12(18)14-9-4-5-11(17)15-13(9)19/h2-3,6,9H,4-5H2,1H3,(H,14,18)(H,15,17,19). The molecule has 1 atom stereocenters. The third-order valence-corrected chi connectivity index (χ3v) is 3.19. The summed E-state index contributed by atoms with van der Waals surface area (Å²) in [5, 5.41) is 15.3. The van der Waals surface area contributed by atoms with E-state index in [1.807, 2.05) is 0 Å². The van der Waals surface area contributed by atoms with Gasteiger partial charge < -0.3 is 10.1 Å². The maximum atomic E-state index is 12.2. The SMILES string of the molecule is COc1cc([N+](=O)[O-])ccc1C(=O)NC1CCC(=O)NC1=O. The highest BCUT2D eigenvalue weighted by atomic mass is 16.6. The Morgan fingerprint density at radius 2 is 2.18 bits per heavy atom. The van der Waals surface area contributed by atoms with Crippen molar-refractivity contribution < 1.29 is 24.0 Å². The lowest BCUT2D eigenvalue weighted by Crippen LogP contribution is -2.52. The third kappa shape index (κ3) is 3.19. The van der Waals surface area contributed by atoms with E-state index in [1.165, 1.54) is 19.2 Å². The van der Waals surface area contributed by atoms with Crippen molar-refractivity contribution >= 4 is 23.4 Å². The molecule has 1 fully saturated rings. The number of hydrogen-bond donors (Lipinski definition) is 2. The molecule has 0 saturated carbocycles. The summed E-state index contributed by atoms with van der Waals surface area (Å²) in [5.74, 6) is -1.55. The predicted octanol–water partition coefficient (Wildman–Crippen LogP) is 0.138. The highest BCUT2D eigenvalue weighted by Crippen LogP contribution is 2.24. The van der Waals surface area contributed by atoms with Gasteiger partial charge in [-0.05, 0) is 12.5 Å². The van der Waals surface area contributed by atoms with Crippen LogP contribution in [0.1, 0.15) is 23.2 Å². The van der Waals surface area contributed by atoms with Crippen LogP contribution < -0.4 is 15.4 Å². The number of hydrogen-bond acceptors (Lipinski definition) is 6. The summed E-state index contributed by atoms with van der Waals surface area (Å²) in [6, 6.07) is 2.71. The van der Waals surface area contributed by atoms with E-state index in [1.54, 1.807) is 0 Å². The van der Waals surface area contributed by atoms with E-state index in [0.717, 1.165) is 6.07 Å². The summed E-state index contributed by atoms with van der Waals surface area (Å²) in [6.07, 6.45) is 0.333. The smallest absolute Gasteiger partial charge is 0.273 e. The van der Waals surface area contributed by atoms with Gasteiger partial charge >= 0.3 is 0 Å². The third-order valence-electron chi connectivity index (χ3n) is 3.19. The van der Waals surface area contributed by atoms with Gasteiger partial charge in [-0.3, -0.25) is 29.8 Å². The zero-order valence-corrected chi connectivity index (χ0v) is 11.6. The number of rotatable bonds is 4. The number of ether oxygens (including phenoxy) is 1. The van der Waals surface area contributed by atoms with Crippen LogP contribution in [0.15, 0.2) is 18.2 Å². The van der Waals surface area contributed by atoms with Crippen LogP contribution in [0.5, 0.6) is 5.75 Å². The van der Waals surface area contributed by atoms with Crippen molar-refractivity contribution in [3.63, 3.8) is 0 Å². The highest BCUT2D eigenvalue weighted by molar-refractivity contribution is 6.04. The van der Waals surface area contributed by atoms with E-state index in [4.69, 9.17) is 4.74 Å². The molecule has 1 aliphatic heterocycles. The molecule has 1 saturated heterocycles. The number of imide groups is 1. The second-order valence-electron chi connectivity index (χ2n) is 4.62. The number of carbonyl (C=O) groups is 3. The van der Waals surface area contributed by atoms with Gasteiger partial charge in [0.15, 0.2) is 0 Å². The zero-order chi connectivity index (χ0) is 16.3. The van der Waals surface area contributed by atoms with Gasteiger partial charge in [-0.1, -0.05) is 0 Å². The number of nitrogens with one attached hydrogen (secondary N) is 2. The van der Waals surface area contributed by atoms with Gasteiger partial charge in [0.05, 0.1) is 23.7 Å². The van der Waals surface area contributed by atoms with E-state index in [-0.39, 0.29) is 35.7 Å². The molecule has 2 N–H and O–H groups in total. The number of nitro benzene ring substituents is 1. The summed E-state index contributed by atoms with van der Waals surface area (Å²) in [4.78, 5) is 44.9. The summed E-state index contributed by atoms with van der Waals surface area (Å²) < 4.78 is 4.97. The molecule has 9 nitrogen and oxygen atoms in total. The van der Waals surface area contributed by atoms with Crippen molar-refractivity contribution in [2.75, 3.05) is 7.11 Å². The van der Waals surface area contributed by atoms with Gasteiger partial charge in [0.1, 0.15) is 11.8 Å². The second-order valence-corrected chi connectivity index (χ2v) is 4.62. The van der Waals surface area contributed by atoms with Crippen molar-refractivity contribution in [2.45, 2.75) is 18.9 Å². The Bertz CT molecular complexity index is 657. The number of benzene rings is 1. The normalized spacial score (nSPS) is 17.6. The highest BCUT2D eigenvalue weighted by Gasteiger charge is 2.29. The Kier molecular flexibility index (Phi) is 4.35. The molecule has 2 rings (SSSR count). The minimum atomic E-state index is -0.829. The monoisotopic (exact) mass is 307 g/mol. The molecule has 0 spiro atoms. The van der Waals surface area contributed by atoms with Gasteiger partial charge in [-0.15, -0.1) is 0 Å². The Morgan fingerprint density at radius 1 is 1.45 bits per heavy atom. The van der Waals surface area contributed by atoms with Crippen LogP contribution in [0.3, 0.4) is 0 Å². The molecule has 22 heavy (non-hydrogen) atoms. The molecule has 1 aromatic carbocycles. The Balaban J connectivity index is 2.17. The number of carbonyl (C=O) groups excluding carboxylic acids is 3. The first kappa shape index (κ1) is 15.4. The number of nitro groups is 1. The number of methoxy groups -OCH3 is 1. The van der Waals surface area contributed by atoms with E-state index >= 15 is 0 Å². The van der Waals surface area contributed by atoms with Crippen molar-refractivity contribution in [1.29, 1.82) is 0 Å². The molecule has 1 aromatic rings. The molecule has 0 aromatic heterocycles. The Labute approximate surface area is 124 Å². The number of piperidine rings is 1. The first-order valence-electron chi connectivity index (χ1n) is 6.39. The fourth-order valence-corrected chi connectivity index (χ4v) is 2.05. The lowest BCUT2D eigenvalue weighted by molar-refractivity contribution is -0.384. The van der Waals surface area contributed by atoms with Crippen molar-refractivity contribution in [1.82, 2.24) is 10.6 Å². The fourth-order valence-electron chi connectivity index (χ4n) is 2.05. The first-order valence-corrected chi connectivity index (χ1v) is 6.39. The van der Waals surface area contributed by atoms with E-state index in [2.05, 4.69) is 10.6 Å². The zero-order valence-electron chi connectivity index (χ0n) is 11.6. The molecule has 1 heterocycles. The van der Waals surface area contributed by atoms with Crippen LogP contribution in [0.2, 0.25) is 0 Å². The van der Waals surface area contributed by atoms with Crippen molar-refractivity contribution in [3.8, 4) is 5.75 Å². The van der Waals surface area contributed by atoms with Crippen LogP contribution in [-0.2, 0) is 9.59 Å². The molecular formula is C13H13N3O6. The van der Waals surface area contributed by atoms with Gasteiger partial charge in [0.25, 0.3) is 11.6 Å². The summed E-state index contributed by atoms with van der Waals surface area (Å²) in [6.45, 7) is 0. The summed E-state index contributed by atoms with van der Waals surface area (Å²) in [5.41, 5.74) is -0.146. The van der Waals surface area contributed by atoms with Gasteiger partial charge in [-0.25, -0.2) is 0 Å². The predicted molar refractivity (Wildman–Crippen MR) is 73.3 cm³/mol. The first-order chi connectivity index (χ1) is 10.4. The molecule has 0 aliphatic carbocycles. The molecule has 116 valence electrons. The minimum Gasteiger partial charge on any atom is -0.496 e. The molecule has 3 amide bonds. The number of amides is 3. The minimum absolute atomic E-state index is 0.0268. The molecule has 0 bridgehead atoms. The lowest BCUT2D eigenvalue weighted by Gasteiger charge is -2.22. The Hall–Kier alpha value is -2.97. The van der Waals surface area contributed by atoms with E-state index in [0.29, 0.717) is 0 Å². The Morgan fingerprint density at radius 3 is 2.77 bits per heavy atom. The topological polar surface area (TPSA) is 128 Å². The van der Waals surface area contributed by atoms with E-state index in [9.17, 15) is 24.5 Å². The van der Waals surface area contributed by atoms with Crippen LogP contribution in [0, 0.1) is 10.1 Å². The summed E-state index contributed by atoms with van der Waals surface area (Å²) in [7, 11) is 1.28. The van der Waals surface area contributed by atoms with Crippen LogP contribution in [0.4, 0.5) is 5.69 Å². The van der Waals surface area contributed by atoms with Gasteiger partial charge in [0, 0.05) is 12.5 Å². The molecule has 0 radical (unpaired) electrons. The largest absolute Gasteiger partial charge is 0.496 e. The van der Waals surface area contributed by atoms with Crippen LogP contribution in [-0.4, -0.2) is 35.8 Å². The van der Waals surface area contributed by atoms with Crippen LogP contribution in [0.25, 0.3) is 0 Å². The van der Waals surface area contributed by atoms with Gasteiger partial charge in [-0.2, -0.15) is 0 Å². The fraction of sp³-hybridized carbons (Fsp3) is 0.308. The van der Waals surface area contributed by atoms with Gasteiger partial charge in [0.2, 0.25) is 11.8 Å². The quantitative estimate of drug-likeness (QED) is 0.462. The maximum Gasteiger partial charge on any atom is 0.273 e. The molecule has 1 aliphatic rings. The number of nitrogens with zero attached hydrogens (tertiary/aromatic N) is 1. The maximum absolute atomic E-state index is 12.2. The van der Waals surface area contributed by atoms with Crippen molar-refractivity contribution in [2.24, 2.45) is 0 Å². The molecule has 9 heteroatoms. The van der Waals surface area contributed by atoms with Crippen molar-refractivity contribution in [3.05, 3.63) is 33.9 Å². The average Bonchev–Trinajstić information content (AvgIpc) is 2.49.